The van der Waals surface area contributed by atoms with Gasteiger partial charge >= 0.3 is 0 Å². The minimum atomic E-state index is -0.473. The summed E-state index contributed by atoms with van der Waals surface area (Å²) in [6.45, 7) is 1.96. The smallest absolute Gasteiger partial charge is 0.269 e. The normalized spacial score (nSPS) is 12.0. The zero-order valence-electron chi connectivity index (χ0n) is 16.6. The largest absolute Gasteiger partial charge is 0.493 e. The summed E-state index contributed by atoms with van der Waals surface area (Å²) in [5, 5.41) is 20.3. The summed E-state index contributed by atoms with van der Waals surface area (Å²) in [5.74, 6) is 1.15. The molecular formula is C24H20N2O4. The second-order valence-electron chi connectivity index (χ2n) is 6.55. The van der Waals surface area contributed by atoms with Crippen LogP contribution in [-0.2, 0) is 0 Å². The van der Waals surface area contributed by atoms with E-state index >= 15 is 0 Å². The summed E-state index contributed by atoms with van der Waals surface area (Å²) in [4.78, 5) is 10.3. The van der Waals surface area contributed by atoms with Gasteiger partial charge in [-0.3, -0.25) is 10.1 Å². The van der Waals surface area contributed by atoms with E-state index in [1.807, 2.05) is 43.3 Å². The number of nitro benzene ring substituents is 1. The number of hydrogen-bond donors (Lipinski definition) is 0. The van der Waals surface area contributed by atoms with Crippen molar-refractivity contribution in [3.05, 3.63) is 99.6 Å². The van der Waals surface area contributed by atoms with E-state index < -0.39 is 4.92 Å². The number of rotatable bonds is 7. The van der Waals surface area contributed by atoms with Gasteiger partial charge in [0.25, 0.3) is 5.69 Å². The highest BCUT2D eigenvalue weighted by Gasteiger charge is 2.12. The molecule has 1 atom stereocenters. The molecule has 0 aliphatic rings. The van der Waals surface area contributed by atoms with Gasteiger partial charge in [0.05, 0.1) is 23.7 Å². The molecule has 0 aromatic heterocycles. The number of nitro groups is 1. The standard InChI is InChI=1S/C24H20N2O4/c1-17(19-6-4-3-5-7-19)30-23-13-8-18(15-24(23)29-2)14-21(16-25)20-9-11-22(12-10-20)26(27)28/h3-15,17H,1-2H3/b21-14+/t17-/m1/s1. The molecule has 150 valence electrons. The van der Waals surface area contributed by atoms with E-state index in [0.29, 0.717) is 22.6 Å². The van der Waals surface area contributed by atoms with Gasteiger partial charge in [0, 0.05) is 12.1 Å². The van der Waals surface area contributed by atoms with Gasteiger partial charge in [0.15, 0.2) is 11.5 Å². The van der Waals surface area contributed by atoms with Gasteiger partial charge in [-0.2, -0.15) is 5.26 Å². The van der Waals surface area contributed by atoms with Gasteiger partial charge in [-0.25, -0.2) is 0 Å². The van der Waals surface area contributed by atoms with Gasteiger partial charge in [0.1, 0.15) is 6.10 Å². The molecule has 3 rings (SSSR count). The van der Waals surface area contributed by atoms with Gasteiger partial charge in [-0.1, -0.05) is 36.4 Å². The van der Waals surface area contributed by atoms with E-state index in [0.717, 1.165) is 11.1 Å². The average molecular weight is 400 g/mol. The molecule has 0 spiro atoms. The summed E-state index contributed by atoms with van der Waals surface area (Å²) in [5.41, 5.74) is 2.76. The predicted molar refractivity (Wildman–Crippen MR) is 115 cm³/mol. The van der Waals surface area contributed by atoms with Crippen LogP contribution in [0, 0.1) is 21.4 Å². The lowest BCUT2D eigenvalue weighted by atomic mass is 10.0. The molecule has 3 aromatic rings. The van der Waals surface area contributed by atoms with Gasteiger partial charge < -0.3 is 9.47 Å². The molecule has 0 fully saturated rings. The van der Waals surface area contributed by atoms with Crippen LogP contribution in [0.3, 0.4) is 0 Å². The Hall–Kier alpha value is -4.11. The molecule has 0 N–H and O–H groups in total. The van der Waals surface area contributed by atoms with Crippen LogP contribution in [0.1, 0.15) is 29.7 Å². The Morgan fingerprint density at radius 1 is 1.07 bits per heavy atom. The summed E-state index contributed by atoms with van der Waals surface area (Å²) in [6.07, 6.45) is 1.55. The van der Waals surface area contributed by atoms with Crippen LogP contribution in [-0.4, -0.2) is 12.0 Å². The molecule has 6 heteroatoms. The molecule has 0 saturated carbocycles. The Morgan fingerprint density at radius 3 is 2.37 bits per heavy atom. The van der Waals surface area contributed by atoms with Crippen LogP contribution < -0.4 is 9.47 Å². The summed E-state index contributed by atoms with van der Waals surface area (Å²) in [7, 11) is 1.56. The predicted octanol–water partition coefficient (Wildman–Crippen LogP) is 5.81. The number of ether oxygens (including phenoxy) is 2. The molecule has 0 heterocycles. The van der Waals surface area contributed by atoms with E-state index in [4.69, 9.17) is 9.47 Å². The zero-order chi connectivity index (χ0) is 21.5. The number of benzene rings is 3. The molecule has 0 aliphatic heterocycles. The molecule has 30 heavy (non-hydrogen) atoms. The van der Waals surface area contributed by atoms with Crippen LogP contribution in [0.5, 0.6) is 11.5 Å². The van der Waals surface area contributed by atoms with Gasteiger partial charge in [-0.15, -0.1) is 0 Å². The third-order valence-electron chi connectivity index (χ3n) is 4.58. The number of nitriles is 1. The average Bonchev–Trinajstić information content (AvgIpc) is 2.78. The molecule has 0 bridgehead atoms. The maximum Gasteiger partial charge on any atom is 0.269 e. The fourth-order valence-electron chi connectivity index (χ4n) is 2.96. The van der Waals surface area contributed by atoms with Crippen molar-refractivity contribution in [1.29, 1.82) is 5.26 Å². The van der Waals surface area contributed by atoms with Crippen LogP contribution in [0.25, 0.3) is 11.6 Å². The van der Waals surface area contributed by atoms with E-state index in [1.165, 1.54) is 12.1 Å². The Labute approximate surface area is 174 Å². The minimum absolute atomic E-state index is 0.0215. The molecular weight excluding hydrogens is 380 g/mol. The first-order valence-corrected chi connectivity index (χ1v) is 9.28. The third kappa shape index (κ3) is 4.83. The van der Waals surface area contributed by atoms with Crippen molar-refractivity contribution in [3.8, 4) is 17.6 Å². The summed E-state index contributed by atoms with van der Waals surface area (Å²) < 4.78 is 11.5. The molecule has 6 nitrogen and oxygen atoms in total. The van der Waals surface area contributed by atoms with Crippen LogP contribution in [0.4, 0.5) is 5.69 Å². The number of hydrogen-bond acceptors (Lipinski definition) is 5. The highest BCUT2D eigenvalue weighted by molar-refractivity contribution is 5.90. The van der Waals surface area contributed by atoms with E-state index in [1.54, 1.807) is 37.5 Å². The highest BCUT2D eigenvalue weighted by atomic mass is 16.6. The van der Waals surface area contributed by atoms with Crippen molar-refractivity contribution in [3.63, 3.8) is 0 Å². The first kappa shape index (κ1) is 20.6. The van der Waals surface area contributed by atoms with E-state index in [2.05, 4.69) is 6.07 Å². The SMILES string of the molecule is COc1cc(/C=C(\C#N)c2ccc([N+](=O)[O-])cc2)ccc1O[C@H](C)c1ccccc1. The molecule has 0 aliphatic carbocycles. The fourth-order valence-corrected chi connectivity index (χ4v) is 2.96. The first-order valence-electron chi connectivity index (χ1n) is 9.28. The maximum absolute atomic E-state index is 10.8. The van der Waals surface area contributed by atoms with Crippen LogP contribution in [0.15, 0.2) is 72.8 Å². The fraction of sp³-hybridized carbons (Fsp3) is 0.125. The topological polar surface area (TPSA) is 85.4 Å². The van der Waals surface area contributed by atoms with Gasteiger partial charge in [-0.05, 0) is 54.0 Å². The lowest BCUT2D eigenvalue weighted by Crippen LogP contribution is -2.04. The van der Waals surface area contributed by atoms with E-state index in [-0.39, 0.29) is 11.8 Å². The Balaban J connectivity index is 1.85. The van der Waals surface area contributed by atoms with Crippen molar-refractivity contribution in [2.45, 2.75) is 13.0 Å². The second-order valence-corrected chi connectivity index (χ2v) is 6.55. The first-order chi connectivity index (χ1) is 14.5. The van der Waals surface area contributed by atoms with Crippen LogP contribution >= 0.6 is 0 Å². The minimum Gasteiger partial charge on any atom is -0.493 e. The van der Waals surface area contributed by atoms with Crippen LogP contribution in [0.2, 0.25) is 0 Å². The quantitative estimate of drug-likeness (QED) is 0.216. The molecule has 0 unspecified atom stereocenters. The monoisotopic (exact) mass is 400 g/mol. The lowest BCUT2D eigenvalue weighted by Gasteiger charge is -2.17. The van der Waals surface area contributed by atoms with Crippen molar-refractivity contribution in [2.24, 2.45) is 0 Å². The Kier molecular flexibility index (Phi) is 6.46. The summed E-state index contributed by atoms with van der Waals surface area (Å²) in [6, 6.07) is 23.3. The maximum atomic E-state index is 10.8. The van der Waals surface area contributed by atoms with E-state index in [9.17, 15) is 15.4 Å². The lowest BCUT2D eigenvalue weighted by molar-refractivity contribution is -0.384. The summed E-state index contributed by atoms with van der Waals surface area (Å²) >= 11 is 0. The molecule has 0 radical (unpaired) electrons. The number of nitrogens with zero attached hydrogens (tertiary/aromatic N) is 2. The third-order valence-corrected chi connectivity index (χ3v) is 4.58. The number of non-ortho nitro benzene ring substituents is 1. The second kappa shape index (κ2) is 9.39. The van der Waals surface area contributed by atoms with Crippen molar-refractivity contribution in [2.75, 3.05) is 7.11 Å². The Bertz CT molecular complexity index is 1100. The van der Waals surface area contributed by atoms with Crippen molar-refractivity contribution in [1.82, 2.24) is 0 Å². The van der Waals surface area contributed by atoms with Crippen molar-refractivity contribution < 1.29 is 14.4 Å². The van der Waals surface area contributed by atoms with Gasteiger partial charge in [0.2, 0.25) is 0 Å². The molecule has 0 amide bonds. The molecule has 3 aromatic carbocycles. The zero-order valence-corrected chi connectivity index (χ0v) is 16.6. The Morgan fingerprint density at radius 2 is 1.77 bits per heavy atom. The number of allylic oxidation sites excluding steroid dienone is 1. The van der Waals surface area contributed by atoms with Crippen molar-refractivity contribution >= 4 is 17.3 Å². The number of methoxy groups -OCH3 is 1. The highest BCUT2D eigenvalue weighted by Crippen LogP contribution is 2.33. The molecule has 0 saturated heterocycles.